The molecule has 0 aromatic heterocycles. The van der Waals surface area contributed by atoms with Crippen molar-refractivity contribution in [3.63, 3.8) is 0 Å². The van der Waals surface area contributed by atoms with Crippen LogP contribution in [-0.4, -0.2) is 5.11 Å². The molecule has 27 heavy (non-hydrogen) atoms. The lowest BCUT2D eigenvalue weighted by Gasteiger charge is -2.12. The zero-order valence-corrected chi connectivity index (χ0v) is 15.7. The molecule has 0 fully saturated rings. The second kappa shape index (κ2) is 6.87. The molecule has 1 aliphatic rings. The monoisotopic (exact) mass is 399 g/mol. The van der Waals surface area contributed by atoms with E-state index in [4.69, 9.17) is 23.2 Å². The molecule has 0 spiro atoms. The van der Waals surface area contributed by atoms with Crippen molar-refractivity contribution in [2.45, 2.75) is 19.3 Å². The first-order valence-corrected chi connectivity index (χ1v) is 9.28. The van der Waals surface area contributed by atoms with Gasteiger partial charge in [-0.05, 0) is 65.8 Å². The lowest BCUT2D eigenvalue weighted by molar-refractivity contribution is 0.466. The molecule has 3 aromatic carbocycles. The first kappa shape index (κ1) is 17.8. The van der Waals surface area contributed by atoms with E-state index in [0.717, 1.165) is 41.5 Å². The molecule has 0 unspecified atom stereocenters. The molecular weight excluding hydrogens is 385 g/mol. The first-order valence-electron chi connectivity index (χ1n) is 8.52. The summed E-state index contributed by atoms with van der Waals surface area (Å²) < 4.78 is 0. The fourth-order valence-corrected chi connectivity index (χ4v) is 3.90. The van der Waals surface area contributed by atoms with Gasteiger partial charge in [0.25, 0.3) is 10.9 Å². The van der Waals surface area contributed by atoms with Crippen LogP contribution in [-0.2, 0) is 6.42 Å². The number of hydrogen-bond donors (Lipinski definition) is 2. The predicted molar refractivity (Wildman–Crippen MR) is 110 cm³/mol. The third-order valence-electron chi connectivity index (χ3n) is 4.80. The van der Waals surface area contributed by atoms with Gasteiger partial charge in [-0.1, -0.05) is 41.4 Å². The highest BCUT2D eigenvalue weighted by Gasteiger charge is 2.20. The Morgan fingerprint density at radius 3 is 2.52 bits per heavy atom. The van der Waals surface area contributed by atoms with Gasteiger partial charge in [-0.3, -0.25) is 9.59 Å². The number of allylic oxidation sites excluding steroid dienone is 1. The Bertz CT molecular complexity index is 1160. The fourth-order valence-electron chi connectivity index (χ4n) is 3.37. The van der Waals surface area contributed by atoms with Gasteiger partial charge in [0.1, 0.15) is 5.69 Å². The van der Waals surface area contributed by atoms with E-state index in [2.05, 4.69) is 11.4 Å². The average molecular weight is 400 g/mol. The Balaban J connectivity index is 1.67. The lowest BCUT2D eigenvalue weighted by atomic mass is 10.0. The maximum Gasteiger partial charge on any atom is 0.271 e. The molecule has 1 aliphatic carbocycles. The van der Waals surface area contributed by atoms with E-state index in [1.165, 1.54) is 0 Å². The number of benzene rings is 2. The van der Waals surface area contributed by atoms with Gasteiger partial charge in [-0.15, -0.1) is 0 Å². The van der Waals surface area contributed by atoms with Crippen molar-refractivity contribution in [3.05, 3.63) is 83.6 Å². The van der Waals surface area contributed by atoms with Crippen LogP contribution in [0.4, 0.5) is 11.4 Å². The molecule has 0 bridgehead atoms. The van der Waals surface area contributed by atoms with Crippen LogP contribution in [0.2, 0.25) is 10.0 Å². The topological polar surface area (TPSA) is 66.4 Å². The van der Waals surface area contributed by atoms with Crippen LogP contribution >= 0.6 is 23.2 Å². The van der Waals surface area contributed by atoms with Gasteiger partial charge >= 0.3 is 0 Å². The molecule has 0 atom stereocenters. The highest BCUT2D eigenvalue weighted by Crippen LogP contribution is 2.35. The molecule has 4 nitrogen and oxygen atoms in total. The number of halogens is 2. The largest absolute Gasteiger partial charge is 0.502 e. The molecule has 0 amide bonds. The molecule has 136 valence electrons. The van der Waals surface area contributed by atoms with Gasteiger partial charge in [0.05, 0.1) is 0 Å². The quantitative estimate of drug-likeness (QED) is 0.613. The van der Waals surface area contributed by atoms with Crippen LogP contribution in [0.1, 0.15) is 29.5 Å². The second-order valence-electron chi connectivity index (χ2n) is 6.57. The summed E-state index contributed by atoms with van der Waals surface area (Å²) >= 11 is 12.4. The minimum absolute atomic E-state index is 0.0438. The maximum atomic E-state index is 11.5. The Morgan fingerprint density at radius 2 is 1.78 bits per heavy atom. The Hall–Kier alpha value is -2.56. The minimum Gasteiger partial charge on any atom is -0.502 e. The third-order valence-corrected chi connectivity index (χ3v) is 5.34. The zero-order valence-electron chi connectivity index (χ0n) is 14.2. The Kier molecular flexibility index (Phi) is 4.54. The van der Waals surface area contributed by atoms with Crippen LogP contribution < -0.4 is 16.2 Å². The molecule has 6 heteroatoms. The van der Waals surface area contributed by atoms with Crippen molar-refractivity contribution in [2.24, 2.45) is 0 Å². The SMILES string of the molecule is O=c1c(O)c(Nc2ccc3c(c2)CCCC(c2ccc(Cl)cc2Cl)=C3)c1=O. The fraction of sp³-hybridized carbons (Fsp3) is 0.143. The van der Waals surface area contributed by atoms with Crippen molar-refractivity contribution < 1.29 is 5.11 Å². The number of aromatic hydroxyl groups is 1. The van der Waals surface area contributed by atoms with Gasteiger partial charge in [-0.25, -0.2) is 0 Å². The van der Waals surface area contributed by atoms with Crippen molar-refractivity contribution in [1.29, 1.82) is 0 Å². The van der Waals surface area contributed by atoms with Crippen LogP contribution in [0.25, 0.3) is 11.6 Å². The van der Waals surface area contributed by atoms with Crippen LogP contribution in [0, 0.1) is 0 Å². The standard InChI is InChI=1S/C21H15Cl2NO3/c22-14-5-7-16(17(23)10-14)13-3-1-2-11-9-15(6-4-12(11)8-13)24-18-19(25)21(27)20(18)26/h4-10,24-25H,1-3H2. The Labute approximate surface area is 165 Å². The van der Waals surface area contributed by atoms with E-state index < -0.39 is 16.6 Å². The zero-order chi connectivity index (χ0) is 19.1. The smallest absolute Gasteiger partial charge is 0.271 e. The maximum absolute atomic E-state index is 11.5. The highest BCUT2D eigenvalue weighted by molar-refractivity contribution is 6.35. The second-order valence-corrected chi connectivity index (χ2v) is 7.41. The molecule has 4 rings (SSSR count). The number of anilines is 2. The third kappa shape index (κ3) is 3.27. The lowest BCUT2D eigenvalue weighted by Crippen LogP contribution is -2.32. The van der Waals surface area contributed by atoms with Crippen molar-refractivity contribution in [2.75, 3.05) is 5.32 Å². The molecular formula is C21H15Cl2NO3. The van der Waals surface area contributed by atoms with Crippen LogP contribution in [0.3, 0.4) is 0 Å². The molecule has 0 saturated carbocycles. The summed E-state index contributed by atoms with van der Waals surface area (Å²) in [5, 5.41) is 13.6. The van der Waals surface area contributed by atoms with E-state index in [1.807, 2.05) is 30.3 Å². The van der Waals surface area contributed by atoms with Crippen molar-refractivity contribution in [3.8, 4) is 5.75 Å². The van der Waals surface area contributed by atoms with Gasteiger partial charge < -0.3 is 10.4 Å². The average Bonchev–Trinajstić information content (AvgIpc) is 2.87. The van der Waals surface area contributed by atoms with Crippen molar-refractivity contribution >= 4 is 46.2 Å². The molecule has 2 N–H and O–H groups in total. The van der Waals surface area contributed by atoms with Gasteiger partial charge in [0, 0.05) is 15.7 Å². The van der Waals surface area contributed by atoms with E-state index in [-0.39, 0.29) is 5.69 Å². The summed E-state index contributed by atoms with van der Waals surface area (Å²) in [6.45, 7) is 0. The van der Waals surface area contributed by atoms with E-state index >= 15 is 0 Å². The van der Waals surface area contributed by atoms with E-state index in [0.29, 0.717) is 15.7 Å². The summed E-state index contributed by atoms with van der Waals surface area (Å²) in [5.74, 6) is -0.505. The van der Waals surface area contributed by atoms with E-state index in [9.17, 15) is 14.7 Å². The van der Waals surface area contributed by atoms with Gasteiger partial charge in [-0.2, -0.15) is 0 Å². The van der Waals surface area contributed by atoms with Crippen molar-refractivity contribution in [1.82, 2.24) is 0 Å². The van der Waals surface area contributed by atoms with Crippen LogP contribution in [0.5, 0.6) is 5.75 Å². The number of rotatable bonds is 3. The summed E-state index contributed by atoms with van der Waals surface area (Å²) in [5.41, 5.74) is 3.41. The normalized spacial score (nSPS) is 13.8. The van der Waals surface area contributed by atoms with Crippen LogP contribution in [0.15, 0.2) is 46.0 Å². The highest BCUT2D eigenvalue weighted by atomic mass is 35.5. The predicted octanol–water partition coefficient (Wildman–Crippen LogP) is 4.92. The molecule has 0 saturated heterocycles. The summed E-state index contributed by atoms with van der Waals surface area (Å²) in [6.07, 6.45) is 4.83. The van der Waals surface area contributed by atoms with Gasteiger partial charge in [0.2, 0.25) is 0 Å². The Morgan fingerprint density at radius 1 is 0.963 bits per heavy atom. The molecule has 3 aromatic rings. The molecule has 0 radical (unpaired) electrons. The summed E-state index contributed by atoms with van der Waals surface area (Å²) in [4.78, 5) is 22.6. The van der Waals surface area contributed by atoms with E-state index in [1.54, 1.807) is 6.07 Å². The number of hydrogen-bond acceptors (Lipinski definition) is 4. The minimum atomic E-state index is -0.848. The number of aryl methyl sites for hydroxylation is 1. The van der Waals surface area contributed by atoms with Gasteiger partial charge in [0.15, 0.2) is 5.75 Å². The summed E-state index contributed by atoms with van der Waals surface area (Å²) in [7, 11) is 0. The number of nitrogens with one attached hydrogen (secondary N) is 1. The molecule has 0 aliphatic heterocycles. The first-order chi connectivity index (χ1) is 12.9. The molecule has 0 heterocycles. The number of fused-ring (bicyclic) bond motifs is 1. The summed E-state index contributed by atoms with van der Waals surface area (Å²) in [6, 6.07) is 11.2.